The molecule has 1 aromatic heterocycles. The lowest BCUT2D eigenvalue weighted by atomic mass is 10.1. The fourth-order valence-electron chi connectivity index (χ4n) is 1.64. The zero-order valence-electron chi connectivity index (χ0n) is 10.5. The Morgan fingerprint density at radius 1 is 1.33 bits per heavy atom. The number of esters is 1. The van der Waals surface area contributed by atoms with Crippen LogP contribution in [0.1, 0.15) is 24.1 Å². The molecule has 0 aliphatic rings. The van der Waals surface area contributed by atoms with Crippen molar-refractivity contribution >= 4 is 5.97 Å². The van der Waals surface area contributed by atoms with Crippen LogP contribution in [0.5, 0.6) is 0 Å². The second kappa shape index (κ2) is 5.49. The number of hydrogen-bond donors (Lipinski definition) is 0. The van der Waals surface area contributed by atoms with E-state index < -0.39 is 0 Å². The minimum atomic E-state index is -0.338. The zero-order valence-corrected chi connectivity index (χ0v) is 10.5. The highest BCUT2D eigenvalue weighted by Gasteiger charge is 2.19. The molecule has 1 atom stereocenters. The summed E-state index contributed by atoms with van der Waals surface area (Å²) in [5.74, 6) is -0.590. The van der Waals surface area contributed by atoms with Crippen LogP contribution in [0.25, 0.3) is 0 Å². The normalized spacial score (nSPS) is 12.1. The number of rotatable bonds is 4. The Bertz CT molecular complexity index is 520. The predicted molar refractivity (Wildman–Crippen MR) is 67.9 cm³/mol. The van der Waals surface area contributed by atoms with Crippen LogP contribution in [-0.4, -0.2) is 15.7 Å². The predicted octanol–water partition coefficient (Wildman–Crippen LogP) is 2.27. The van der Waals surface area contributed by atoms with E-state index in [9.17, 15) is 4.79 Å². The molecule has 0 N–H and O–H groups in total. The molecule has 18 heavy (non-hydrogen) atoms. The number of hydrogen-bond acceptors (Lipinski definition) is 3. The van der Waals surface area contributed by atoms with E-state index in [4.69, 9.17) is 4.74 Å². The first-order valence-corrected chi connectivity index (χ1v) is 5.87. The average molecular weight is 244 g/mol. The number of aryl methyl sites for hydroxylation is 1. The highest BCUT2D eigenvalue weighted by Crippen LogP contribution is 2.15. The first kappa shape index (κ1) is 12.4. The lowest BCUT2D eigenvalue weighted by Crippen LogP contribution is -2.14. The van der Waals surface area contributed by atoms with E-state index in [0.717, 1.165) is 11.3 Å². The van der Waals surface area contributed by atoms with Gasteiger partial charge in [0.25, 0.3) is 0 Å². The summed E-state index contributed by atoms with van der Waals surface area (Å²) >= 11 is 0. The van der Waals surface area contributed by atoms with E-state index in [0.29, 0.717) is 6.61 Å². The third-order valence-electron chi connectivity index (χ3n) is 2.76. The molecule has 0 radical (unpaired) electrons. The molecule has 0 amide bonds. The summed E-state index contributed by atoms with van der Waals surface area (Å²) in [6, 6.07) is 11.5. The van der Waals surface area contributed by atoms with Crippen LogP contribution in [0.3, 0.4) is 0 Å². The van der Waals surface area contributed by atoms with Gasteiger partial charge >= 0.3 is 5.97 Å². The summed E-state index contributed by atoms with van der Waals surface area (Å²) in [5, 5.41) is 4.20. The molecule has 0 aliphatic carbocycles. The van der Waals surface area contributed by atoms with Crippen LogP contribution in [0.4, 0.5) is 0 Å². The summed E-state index contributed by atoms with van der Waals surface area (Å²) < 4.78 is 6.94. The Morgan fingerprint density at radius 2 is 2.06 bits per heavy atom. The van der Waals surface area contributed by atoms with Crippen LogP contribution < -0.4 is 0 Å². The number of ether oxygens (including phenoxy) is 1. The molecular weight excluding hydrogens is 228 g/mol. The average Bonchev–Trinajstić information content (AvgIpc) is 2.83. The van der Waals surface area contributed by atoms with Crippen molar-refractivity contribution in [3.05, 3.63) is 53.9 Å². The van der Waals surface area contributed by atoms with Crippen molar-refractivity contribution in [1.82, 2.24) is 9.78 Å². The van der Waals surface area contributed by atoms with Gasteiger partial charge in [0.15, 0.2) is 0 Å². The molecule has 0 saturated carbocycles. The summed E-state index contributed by atoms with van der Waals surface area (Å²) in [6.45, 7) is 2.10. The minimum absolute atomic E-state index is 0.252. The van der Waals surface area contributed by atoms with Gasteiger partial charge in [0, 0.05) is 13.2 Å². The first-order chi connectivity index (χ1) is 8.66. The second-order valence-corrected chi connectivity index (χ2v) is 4.23. The van der Waals surface area contributed by atoms with Gasteiger partial charge in [-0.1, -0.05) is 30.3 Å². The van der Waals surface area contributed by atoms with Crippen LogP contribution in [-0.2, 0) is 23.2 Å². The van der Waals surface area contributed by atoms with Gasteiger partial charge in [-0.25, -0.2) is 0 Å². The third kappa shape index (κ3) is 2.97. The fraction of sp³-hybridized carbons (Fsp3) is 0.286. The molecular formula is C14H16N2O2. The summed E-state index contributed by atoms with van der Waals surface area (Å²) in [4.78, 5) is 11.9. The van der Waals surface area contributed by atoms with E-state index >= 15 is 0 Å². The van der Waals surface area contributed by atoms with Crippen LogP contribution in [0.2, 0.25) is 0 Å². The molecule has 1 unspecified atom stereocenters. The van der Waals surface area contributed by atoms with Crippen molar-refractivity contribution < 1.29 is 9.53 Å². The fourth-order valence-corrected chi connectivity index (χ4v) is 1.64. The Hall–Kier alpha value is -2.10. The van der Waals surface area contributed by atoms with Crippen molar-refractivity contribution in [1.29, 1.82) is 0 Å². The van der Waals surface area contributed by atoms with E-state index in [1.165, 1.54) is 0 Å². The topological polar surface area (TPSA) is 44.1 Å². The number of aromatic nitrogens is 2. The molecule has 4 nitrogen and oxygen atoms in total. The number of carbonyl (C=O) groups excluding carboxylic acids is 1. The van der Waals surface area contributed by atoms with Gasteiger partial charge in [0.2, 0.25) is 0 Å². The lowest BCUT2D eigenvalue weighted by Gasteiger charge is -2.09. The van der Waals surface area contributed by atoms with E-state index in [1.54, 1.807) is 11.6 Å². The maximum absolute atomic E-state index is 11.9. The molecule has 0 saturated heterocycles. The highest BCUT2D eigenvalue weighted by molar-refractivity contribution is 5.76. The van der Waals surface area contributed by atoms with Crippen molar-refractivity contribution in [2.24, 2.45) is 7.05 Å². The van der Waals surface area contributed by atoms with Gasteiger partial charge in [0.05, 0.1) is 11.6 Å². The summed E-state index contributed by atoms with van der Waals surface area (Å²) in [7, 11) is 1.82. The van der Waals surface area contributed by atoms with Crippen molar-refractivity contribution in [2.45, 2.75) is 19.4 Å². The zero-order chi connectivity index (χ0) is 13.0. The molecule has 0 fully saturated rings. The lowest BCUT2D eigenvalue weighted by molar-refractivity contribution is -0.146. The molecule has 0 aliphatic heterocycles. The maximum atomic E-state index is 11.9. The molecule has 4 heteroatoms. The van der Waals surface area contributed by atoms with Gasteiger partial charge in [-0.05, 0) is 18.6 Å². The molecule has 0 bridgehead atoms. The number of carbonyl (C=O) groups is 1. The van der Waals surface area contributed by atoms with E-state index in [1.807, 2.05) is 49.6 Å². The molecule has 94 valence electrons. The maximum Gasteiger partial charge on any atom is 0.315 e. The first-order valence-electron chi connectivity index (χ1n) is 5.87. The Labute approximate surface area is 106 Å². The van der Waals surface area contributed by atoms with Crippen LogP contribution in [0, 0.1) is 0 Å². The van der Waals surface area contributed by atoms with Crippen molar-refractivity contribution in [2.75, 3.05) is 0 Å². The number of nitrogens with zero attached hydrogens (tertiary/aromatic N) is 2. The Kier molecular flexibility index (Phi) is 3.77. The summed E-state index contributed by atoms with van der Waals surface area (Å²) in [6.07, 6.45) is 1.82. The molecule has 2 rings (SSSR count). The SMILES string of the molecule is CC(C(=O)OCc1ccccc1)c1ccn(C)n1. The second-order valence-electron chi connectivity index (χ2n) is 4.23. The molecule has 1 aromatic carbocycles. The monoisotopic (exact) mass is 244 g/mol. The smallest absolute Gasteiger partial charge is 0.315 e. The van der Waals surface area contributed by atoms with Gasteiger partial charge in [0.1, 0.15) is 6.61 Å². The largest absolute Gasteiger partial charge is 0.460 e. The minimum Gasteiger partial charge on any atom is -0.460 e. The molecule has 2 aromatic rings. The Balaban J connectivity index is 1.92. The number of benzene rings is 1. The van der Waals surface area contributed by atoms with Crippen molar-refractivity contribution in [3.8, 4) is 0 Å². The van der Waals surface area contributed by atoms with Crippen LogP contribution >= 0.6 is 0 Å². The molecule has 1 heterocycles. The van der Waals surface area contributed by atoms with Crippen LogP contribution in [0.15, 0.2) is 42.6 Å². The standard InChI is InChI=1S/C14H16N2O2/c1-11(13-8-9-16(2)15-13)14(17)18-10-12-6-4-3-5-7-12/h3-9,11H,10H2,1-2H3. The molecule has 0 spiro atoms. The Morgan fingerprint density at radius 3 is 2.67 bits per heavy atom. The van der Waals surface area contributed by atoms with Crippen molar-refractivity contribution in [3.63, 3.8) is 0 Å². The van der Waals surface area contributed by atoms with E-state index in [-0.39, 0.29) is 11.9 Å². The third-order valence-corrected chi connectivity index (χ3v) is 2.76. The van der Waals surface area contributed by atoms with E-state index in [2.05, 4.69) is 5.10 Å². The van der Waals surface area contributed by atoms with Gasteiger partial charge in [-0.15, -0.1) is 0 Å². The highest BCUT2D eigenvalue weighted by atomic mass is 16.5. The quantitative estimate of drug-likeness (QED) is 0.775. The van der Waals surface area contributed by atoms with Gasteiger partial charge in [-0.2, -0.15) is 5.10 Å². The summed E-state index contributed by atoms with van der Waals surface area (Å²) in [5.41, 5.74) is 1.72. The van der Waals surface area contributed by atoms with Gasteiger partial charge < -0.3 is 4.74 Å². The van der Waals surface area contributed by atoms with Gasteiger partial charge in [-0.3, -0.25) is 9.48 Å².